The van der Waals surface area contributed by atoms with Crippen molar-refractivity contribution in [2.45, 2.75) is 13.1 Å². The molecule has 0 fully saturated rings. The Bertz CT molecular complexity index is 966. The third-order valence-corrected chi connectivity index (χ3v) is 4.26. The molecule has 0 radical (unpaired) electrons. The molecule has 1 amide bonds. The Morgan fingerprint density at radius 1 is 1.10 bits per heavy atom. The maximum absolute atomic E-state index is 12.5. The van der Waals surface area contributed by atoms with E-state index in [0.717, 1.165) is 5.56 Å². The summed E-state index contributed by atoms with van der Waals surface area (Å²) in [6, 6.07) is 10.4. The molecule has 160 valence electrons. The summed E-state index contributed by atoms with van der Waals surface area (Å²) in [6.45, 7) is 1.18. The number of nitrogens with one attached hydrogen (secondary N) is 1. The zero-order valence-electron chi connectivity index (χ0n) is 16.7. The maximum atomic E-state index is 12.5. The summed E-state index contributed by atoms with van der Waals surface area (Å²) in [5, 5.41) is 10.4. The molecule has 1 heterocycles. The van der Waals surface area contributed by atoms with Crippen molar-refractivity contribution in [3.05, 3.63) is 59.9 Å². The van der Waals surface area contributed by atoms with Crippen LogP contribution in [0.1, 0.15) is 15.9 Å². The molecule has 3 rings (SSSR count). The minimum absolute atomic E-state index is 0. The van der Waals surface area contributed by atoms with Crippen LogP contribution in [0.25, 0.3) is 0 Å². The van der Waals surface area contributed by atoms with E-state index in [-0.39, 0.29) is 24.9 Å². The molecule has 10 heteroatoms. The normalized spacial score (nSPS) is 10.1. The van der Waals surface area contributed by atoms with Gasteiger partial charge in [0.2, 0.25) is 0 Å². The van der Waals surface area contributed by atoms with Crippen LogP contribution >= 0.6 is 12.4 Å². The van der Waals surface area contributed by atoms with Gasteiger partial charge < -0.3 is 25.3 Å². The van der Waals surface area contributed by atoms with Crippen LogP contribution in [0.4, 0.5) is 0 Å². The maximum Gasteiger partial charge on any atom is 0.251 e. The van der Waals surface area contributed by atoms with Gasteiger partial charge in [-0.05, 0) is 30.3 Å². The molecule has 0 saturated carbocycles. The number of ether oxygens (including phenoxy) is 3. The number of methoxy groups -OCH3 is 2. The van der Waals surface area contributed by atoms with Crippen molar-refractivity contribution in [3.8, 4) is 23.0 Å². The highest BCUT2D eigenvalue weighted by Gasteiger charge is 2.15. The van der Waals surface area contributed by atoms with Crippen LogP contribution in [0.3, 0.4) is 0 Å². The van der Waals surface area contributed by atoms with Crippen LogP contribution in [0.5, 0.6) is 23.0 Å². The van der Waals surface area contributed by atoms with Crippen molar-refractivity contribution < 1.29 is 19.0 Å². The topological polar surface area (TPSA) is 114 Å². The van der Waals surface area contributed by atoms with E-state index in [2.05, 4.69) is 15.6 Å². The standard InChI is InChI=1S/C20H23N5O4.ClH/c1-27-16-4-3-5-17(15(16)13-21)29-19-12-14(6-7-18(19)28-2)20(26)22-8-10-25-11-9-23-24-25;/h3-7,9,11-12H,8,10,13,21H2,1-2H3,(H,22,26);1H. The van der Waals surface area contributed by atoms with Crippen LogP contribution in [0.15, 0.2) is 48.8 Å². The molecule has 3 N–H and O–H groups in total. The molecule has 0 aliphatic heterocycles. The van der Waals surface area contributed by atoms with Crippen molar-refractivity contribution in [1.82, 2.24) is 20.3 Å². The first kappa shape index (κ1) is 23.0. The number of carbonyl (C=O) groups is 1. The summed E-state index contributed by atoms with van der Waals surface area (Å²) in [5.41, 5.74) is 7.02. The SMILES string of the molecule is COc1ccc(C(=O)NCCn2ccnn2)cc1Oc1cccc(OC)c1CN.Cl. The molecule has 1 aromatic heterocycles. The van der Waals surface area contributed by atoms with E-state index >= 15 is 0 Å². The quantitative estimate of drug-likeness (QED) is 0.532. The summed E-state index contributed by atoms with van der Waals surface area (Å²) >= 11 is 0. The Morgan fingerprint density at radius 3 is 2.53 bits per heavy atom. The summed E-state index contributed by atoms with van der Waals surface area (Å²) in [6.07, 6.45) is 3.32. The number of hydrogen-bond donors (Lipinski definition) is 2. The molecule has 0 spiro atoms. The fourth-order valence-electron chi connectivity index (χ4n) is 2.79. The number of carbonyl (C=O) groups excluding carboxylic acids is 1. The molecule has 3 aromatic rings. The number of rotatable bonds is 9. The van der Waals surface area contributed by atoms with E-state index in [0.29, 0.717) is 41.7 Å². The molecule has 0 aliphatic rings. The zero-order chi connectivity index (χ0) is 20.6. The van der Waals surface area contributed by atoms with Crippen LogP contribution in [-0.2, 0) is 13.1 Å². The molecule has 0 saturated heterocycles. The second-order valence-corrected chi connectivity index (χ2v) is 6.03. The molecular formula is C20H24ClN5O4. The summed E-state index contributed by atoms with van der Waals surface area (Å²) in [7, 11) is 3.11. The average molecular weight is 434 g/mol. The molecule has 2 aromatic carbocycles. The highest BCUT2D eigenvalue weighted by Crippen LogP contribution is 2.36. The molecule has 0 bridgehead atoms. The summed E-state index contributed by atoms with van der Waals surface area (Å²) in [5.74, 6) is 1.83. The number of hydrogen-bond acceptors (Lipinski definition) is 7. The number of halogens is 1. The molecule has 9 nitrogen and oxygen atoms in total. The predicted octanol–water partition coefficient (Wildman–Crippen LogP) is 2.40. The second-order valence-electron chi connectivity index (χ2n) is 6.03. The van der Waals surface area contributed by atoms with E-state index < -0.39 is 0 Å². The van der Waals surface area contributed by atoms with Crippen molar-refractivity contribution in [2.75, 3.05) is 20.8 Å². The van der Waals surface area contributed by atoms with E-state index in [9.17, 15) is 4.79 Å². The van der Waals surface area contributed by atoms with Crippen molar-refractivity contribution in [3.63, 3.8) is 0 Å². The van der Waals surface area contributed by atoms with Gasteiger partial charge in [0, 0.05) is 24.8 Å². The Kier molecular flexibility index (Phi) is 8.45. The Labute approximate surface area is 180 Å². The third kappa shape index (κ3) is 5.40. The van der Waals surface area contributed by atoms with Gasteiger partial charge in [0.1, 0.15) is 11.5 Å². The van der Waals surface area contributed by atoms with Crippen LogP contribution in [0.2, 0.25) is 0 Å². The van der Waals surface area contributed by atoms with Gasteiger partial charge in [0.25, 0.3) is 5.91 Å². The average Bonchev–Trinajstić information content (AvgIpc) is 3.27. The van der Waals surface area contributed by atoms with Crippen molar-refractivity contribution in [1.29, 1.82) is 0 Å². The number of aromatic nitrogens is 3. The zero-order valence-corrected chi connectivity index (χ0v) is 17.5. The highest BCUT2D eigenvalue weighted by molar-refractivity contribution is 5.94. The summed E-state index contributed by atoms with van der Waals surface area (Å²) < 4.78 is 18.4. The van der Waals surface area contributed by atoms with Crippen LogP contribution < -0.4 is 25.3 Å². The fraction of sp³-hybridized carbons (Fsp3) is 0.250. The number of benzene rings is 2. The van der Waals surface area contributed by atoms with Crippen LogP contribution in [-0.4, -0.2) is 41.7 Å². The van der Waals surface area contributed by atoms with Gasteiger partial charge in [-0.1, -0.05) is 11.3 Å². The first-order valence-electron chi connectivity index (χ1n) is 9.00. The molecular weight excluding hydrogens is 410 g/mol. The smallest absolute Gasteiger partial charge is 0.251 e. The van der Waals surface area contributed by atoms with Gasteiger partial charge in [0.15, 0.2) is 11.5 Å². The largest absolute Gasteiger partial charge is 0.496 e. The molecule has 30 heavy (non-hydrogen) atoms. The number of nitrogens with two attached hydrogens (primary N) is 1. The molecule has 0 unspecified atom stereocenters. The Balaban J connectivity index is 0.00000320. The highest BCUT2D eigenvalue weighted by atomic mass is 35.5. The second kappa shape index (κ2) is 11.0. The van der Waals surface area contributed by atoms with Gasteiger partial charge in [-0.15, -0.1) is 17.5 Å². The van der Waals surface area contributed by atoms with Gasteiger partial charge >= 0.3 is 0 Å². The number of nitrogens with zero attached hydrogens (tertiary/aromatic N) is 3. The Hall–Kier alpha value is -3.30. The minimum atomic E-state index is -0.234. The van der Waals surface area contributed by atoms with E-state index in [1.54, 1.807) is 54.5 Å². The fourth-order valence-corrected chi connectivity index (χ4v) is 2.79. The van der Waals surface area contributed by atoms with E-state index in [4.69, 9.17) is 19.9 Å². The van der Waals surface area contributed by atoms with Crippen molar-refractivity contribution in [2.24, 2.45) is 5.73 Å². The lowest BCUT2D eigenvalue weighted by Gasteiger charge is -2.16. The van der Waals surface area contributed by atoms with E-state index in [1.165, 1.54) is 7.11 Å². The summed E-state index contributed by atoms with van der Waals surface area (Å²) in [4.78, 5) is 12.5. The third-order valence-electron chi connectivity index (χ3n) is 4.26. The lowest BCUT2D eigenvalue weighted by molar-refractivity contribution is 0.0951. The minimum Gasteiger partial charge on any atom is -0.496 e. The molecule has 0 aliphatic carbocycles. The lowest BCUT2D eigenvalue weighted by atomic mass is 10.1. The van der Waals surface area contributed by atoms with Crippen LogP contribution in [0, 0.1) is 0 Å². The first-order chi connectivity index (χ1) is 14.2. The Morgan fingerprint density at radius 2 is 1.87 bits per heavy atom. The molecule has 0 atom stereocenters. The lowest BCUT2D eigenvalue weighted by Crippen LogP contribution is -2.27. The van der Waals surface area contributed by atoms with Gasteiger partial charge in [-0.25, -0.2) is 0 Å². The van der Waals surface area contributed by atoms with Gasteiger partial charge in [0.05, 0.1) is 32.5 Å². The van der Waals surface area contributed by atoms with E-state index in [1.807, 2.05) is 6.07 Å². The van der Waals surface area contributed by atoms with Gasteiger partial charge in [-0.3, -0.25) is 9.48 Å². The number of amides is 1. The monoisotopic (exact) mass is 433 g/mol. The first-order valence-corrected chi connectivity index (χ1v) is 9.00. The van der Waals surface area contributed by atoms with Gasteiger partial charge in [-0.2, -0.15) is 0 Å². The van der Waals surface area contributed by atoms with Crippen molar-refractivity contribution >= 4 is 18.3 Å². The predicted molar refractivity (Wildman–Crippen MR) is 114 cm³/mol.